The molecule has 6 heteroatoms. The lowest BCUT2D eigenvalue weighted by Gasteiger charge is -2.20. The Morgan fingerprint density at radius 3 is 2.72 bits per heavy atom. The van der Waals surface area contributed by atoms with Gasteiger partial charge in [-0.2, -0.15) is 0 Å². The standard InChI is InChI=1S/C19H23NO5/c21-18(20-15-3-4-16-17(10-15)24-6-5-23-16)11-25-19(22)9-14-8-12-1-2-13(14)7-12/h3-4,10,12-14H,1-2,5-9,11H2,(H,20,21). The van der Waals surface area contributed by atoms with Crippen LogP contribution in [0.3, 0.4) is 0 Å². The molecular weight excluding hydrogens is 322 g/mol. The number of nitrogens with one attached hydrogen (secondary N) is 1. The fraction of sp³-hybridized carbons (Fsp3) is 0.579. The van der Waals surface area contributed by atoms with E-state index >= 15 is 0 Å². The van der Waals surface area contributed by atoms with Crippen LogP contribution < -0.4 is 14.8 Å². The van der Waals surface area contributed by atoms with Crippen LogP contribution in [0.1, 0.15) is 32.1 Å². The number of esters is 1. The number of hydrogen-bond donors (Lipinski definition) is 1. The van der Waals surface area contributed by atoms with E-state index in [0.29, 0.717) is 48.7 Å². The third kappa shape index (κ3) is 3.72. The first-order valence-electron chi connectivity index (χ1n) is 9.02. The maximum Gasteiger partial charge on any atom is 0.306 e. The van der Waals surface area contributed by atoms with E-state index in [9.17, 15) is 9.59 Å². The Balaban J connectivity index is 1.23. The van der Waals surface area contributed by atoms with Gasteiger partial charge in [0.15, 0.2) is 18.1 Å². The Hall–Kier alpha value is -2.24. The molecule has 1 amide bonds. The minimum atomic E-state index is -0.349. The van der Waals surface area contributed by atoms with Gasteiger partial charge >= 0.3 is 5.97 Å². The number of carbonyl (C=O) groups excluding carboxylic acids is 2. The molecule has 0 saturated heterocycles. The molecule has 3 atom stereocenters. The molecular formula is C19H23NO5. The van der Waals surface area contributed by atoms with Crippen molar-refractivity contribution in [2.75, 3.05) is 25.1 Å². The van der Waals surface area contributed by atoms with E-state index in [1.807, 2.05) is 0 Å². The summed E-state index contributed by atoms with van der Waals surface area (Å²) in [6.45, 7) is 0.760. The van der Waals surface area contributed by atoms with Crippen LogP contribution in [0, 0.1) is 17.8 Å². The molecule has 2 aliphatic carbocycles. The zero-order valence-electron chi connectivity index (χ0n) is 14.2. The maximum absolute atomic E-state index is 12.0. The fourth-order valence-electron chi connectivity index (χ4n) is 4.36. The molecule has 1 aromatic rings. The summed E-state index contributed by atoms with van der Waals surface area (Å²) in [5.41, 5.74) is 0.596. The summed E-state index contributed by atoms with van der Waals surface area (Å²) in [6, 6.07) is 5.21. The molecule has 1 heterocycles. The largest absolute Gasteiger partial charge is 0.486 e. The second-order valence-corrected chi connectivity index (χ2v) is 7.21. The molecule has 2 saturated carbocycles. The van der Waals surface area contributed by atoms with Crippen molar-refractivity contribution >= 4 is 17.6 Å². The van der Waals surface area contributed by atoms with E-state index in [-0.39, 0.29) is 18.5 Å². The van der Waals surface area contributed by atoms with Crippen LogP contribution in [-0.4, -0.2) is 31.7 Å². The topological polar surface area (TPSA) is 73.9 Å². The lowest BCUT2D eigenvalue weighted by atomic mass is 9.86. The van der Waals surface area contributed by atoms with Gasteiger partial charge in [-0.3, -0.25) is 9.59 Å². The lowest BCUT2D eigenvalue weighted by Crippen LogP contribution is -2.23. The van der Waals surface area contributed by atoms with Gasteiger partial charge in [0, 0.05) is 18.2 Å². The molecule has 2 bridgehead atoms. The first kappa shape index (κ1) is 16.2. The number of fused-ring (bicyclic) bond motifs is 3. The molecule has 2 fully saturated rings. The summed E-state index contributed by atoms with van der Waals surface area (Å²) in [4.78, 5) is 24.0. The number of rotatable bonds is 5. The first-order chi connectivity index (χ1) is 12.2. The van der Waals surface area contributed by atoms with Crippen LogP contribution in [0.25, 0.3) is 0 Å². The second-order valence-electron chi connectivity index (χ2n) is 7.21. The van der Waals surface area contributed by atoms with E-state index in [1.165, 1.54) is 19.3 Å². The van der Waals surface area contributed by atoms with E-state index < -0.39 is 0 Å². The third-order valence-electron chi connectivity index (χ3n) is 5.50. The highest BCUT2D eigenvalue weighted by Crippen LogP contribution is 2.49. The van der Waals surface area contributed by atoms with Crippen LogP contribution in [0.5, 0.6) is 11.5 Å². The summed E-state index contributed by atoms with van der Waals surface area (Å²) in [7, 11) is 0. The molecule has 134 valence electrons. The number of ether oxygens (including phenoxy) is 3. The van der Waals surface area contributed by atoms with Crippen LogP contribution in [-0.2, 0) is 14.3 Å². The van der Waals surface area contributed by atoms with E-state index in [0.717, 1.165) is 12.3 Å². The van der Waals surface area contributed by atoms with Gasteiger partial charge in [0.1, 0.15) is 13.2 Å². The number of hydrogen-bond acceptors (Lipinski definition) is 5. The molecule has 1 aliphatic heterocycles. The molecule has 3 unspecified atom stereocenters. The third-order valence-corrected chi connectivity index (χ3v) is 5.50. The molecule has 1 N–H and O–H groups in total. The van der Waals surface area contributed by atoms with Crippen LogP contribution in [0.4, 0.5) is 5.69 Å². The van der Waals surface area contributed by atoms with Crippen LogP contribution in [0.2, 0.25) is 0 Å². The minimum Gasteiger partial charge on any atom is -0.486 e. The van der Waals surface area contributed by atoms with Crippen molar-refractivity contribution in [2.45, 2.75) is 32.1 Å². The van der Waals surface area contributed by atoms with E-state index in [2.05, 4.69) is 5.32 Å². The summed E-state index contributed by atoms with van der Waals surface area (Å²) < 4.78 is 16.1. The monoisotopic (exact) mass is 345 g/mol. The predicted octanol–water partition coefficient (Wildman–Crippen LogP) is 2.77. The number of carbonyl (C=O) groups is 2. The van der Waals surface area contributed by atoms with Crippen molar-refractivity contribution < 1.29 is 23.8 Å². The Labute approximate surface area is 146 Å². The number of amides is 1. The summed E-state index contributed by atoms with van der Waals surface area (Å²) in [6.07, 6.45) is 5.41. The van der Waals surface area contributed by atoms with Gasteiger partial charge in [-0.1, -0.05) is 6.42 Å². The second kappa shape index (κ2) is 6.94. The predicted molar refractivity (Wildman–Crippen MR) is 90.6 cm³/mol. The van der Waals surface area contributed by atoms with Crippen molar-refractivity contribution in [3.05, 3.63) is 18.2 Å². The zero-order valence-corrected chi connectivity index (χ0v) is 14.2. The quantitative estimate of drug-likeness (QED) is 0.831. The SMILES string of the molecule is O=C(COC(=O)CC1CC2CCC1C2)Nc1ccc2c(c1)OCCO2. The molecule has 4 rings (SSSR count). The van der Waals surface area contributed by atoms with Crippen molar-refractivity contribution in [2.24, 2.45) is 17.8 Å². The molecule has 3 aliphatic rings. The highest BCUT2D eigenvalue weighted by molar-refractivity contribution is 5.93. The van der Waals surface area contributed by atoms with Crippen LogP contribution in [0.15, 0.2) is 18.2 Å². The van der Waals surface area contributed by atoms with E-state index in [4.69, 9.17) is 14.2 Å². The Morgan fingerprint density at radius 1 is 1.12 bits per heavy atom. The molecule has 1 aromatic carbocycles. The number of anilines is 1. The van der Waals surface area contributed by atoms with Gasteiger partial charge < -0.3 is 19.5 Å². The molecule has 0 aromatic heterocycles. The average Bonchev–Trinajstić information content (AvgIpc) is 3.23. The highest BCUT2D eigenvalue weighted by Gasteiger charge is 2.40. The van der Waals surface area contributed by atoms with Gasteiger partial charge in [0.05, 0.1) is 0 Å². The molecule has 25 heavy (non-hydrogen) atoms. The number of benzene rings is 1. The van der Waals surface area contributed by atoms with Crippen LogP contribution >= 0.6 is 0 Å². The van der Waals surface area contributed by atoms with Crippen molar-refractivity contribution in [1.82, 2.24) is 0 Å². The van der Waals surface area contributed by atoms with Crippen molar-refractivity contribution in [3.8, 4) is 11.5 Å². The summed E-state index contributed by atoms with van der Waals surface area (Å²) >= 11 is 0. The molecule has 0 radical (unpaired) electrons. The zero-order chi connectivity index (χ0) is 17.2. The smallest absolute Gasteiger partial charge is 0.306 e. The van der Waals surface area contributed by atoms with Gasteiger partial charge in [0.25, 0.3) is 5.91 Å². The minimum absolute atomic E-state index is 0.256. The lowest BCUT2D eigenvalue weighted by molar-refractivity contribution is -0.148. The fourth-order valence-corrected chi connectivity index (χ4v) is 4.36. The Kier molecular flexibility index (Phi) is 4.51. The summed E-state index contributed by atoms with van der Waals surface area (Å²) in [5, 5.41) is 2.72. The first-order valence-corrected chi connectivity index (χ1v) is 9.02. The Bertz CT molecular complexity index is 674. The highest BCUT2D eigenvalue weighted by atomic mass is 16.6. The van der Waals surface area contributed by atoms with Gasteiger partial charge in [-0.15, -0.1) is 0 Å². The van der Waals surface area contributed by atoms with Gasteiger partial charge in [0.2, 0.25) is 0 Å². The maximum atomic E-state index is 12.0. The average molecular weight is 345 g/mol. The Morgan fingerprint density at radius 2 is 1.96 bits per heavy atom. The van der Waals surface area contributed by atoms with E-state index in [1.54, 1.807) is 18.2 Å². The summed E-state index contributed by atoms with van der Waals surface area (Å²) in [5.74, 6) is 2.60. The van der Waals surface area contributed by atoms with Crippen molar-refractivity contribution in [1.29, 1.82) is 0 Å². The molecule has 0 spiro atoms. The van der Waals surface area contributed by atoms with Gasteiger partial charge in [-0.25, -0.2) is 0 Å². The normalized spacial score (nSPS) is 26.3. The van der Waals surface area contributed by atoms with Crippen molar-refractivity contribution in [3.63, 3.8) is 0 Å². The van der Waals surface area contributed by atoms with Gasteiger partial charge in [-0.05, 0) is 49.1 Å². The molecule has 6 nitrogen and oxygen atoms in total.